The fourth-order valence-corrected chi connectivity index (χ4v) is 6.40. The van der Waals surface area contributed by atoms with Gasteiger partial charge in [0.25, 0.3) is 0 Å². The van der Waals surface area contributed by atoms with Crippen LogP contribution in [0, 0.1) is 5.92 Å². The van der Waals surface area contributed by atoms with E-state index < -0.39 is 0 Å². The maximum absolute atomic E-state index is 4.01. The number of hydrogen-bond acceptors (Lipinski definition) is 6. The van der Waals surface area contributed by atoms with Gasteiger partial charge in [-0.25, -0.2) is 0 Å². The Kier molecular flexibility index (Phi) is 5.56. The van der Waals surface area contributed by atoms with Crippen molar-refractivity contribution in [1.82, 2.24) is 29.4 Å². The van der Waals surface area contributed by atoms with Gasteiger partial charge in [-0.3, -0.25) is 24.5 Å². The molecule has 29 heavy (non-hydrogen) atoms. The molecule has 0 amide bonds. The zero-order valence-electron chi connectivity index (χ0n) is 18.2. The van der Waals surface area contributed by atoms with Gasteiger partial charge in [0.1, 0.15) is 12.6 Å². The third-order valence-corrected chi connectivity index (χ3v) is 7.55. The number of rotatable bonds is 2. The van der Waals surface area contributed by atoms with Crippen molar-refractivity contribution in [1.29, 1.82) is 0 Å². The fourth-order valence-electron chi connectivity index (χ4n) is 6.40. The van der Waals surface area contributed by atoms with Crippen molar-refractivity contribution in [3.8, 4) is 0 Å². The molecule has 0 aromatic carbocycles. The van der Waals surface area contributed by atoms with Crippen molar-refractivity contribution in [3.05, 3.63) is 36.6 Å². The first-order chi connectivity index (χ1) is 14.2. The van der Waals surface area contributed by atoms with Crippen LogP contribution in [0.25, 0.3) is 0 Å². The Balaban J connectivity index is 0.000000140. The summed E-state index contributed by atoms with van der Waals surface area (Å²) in [6, 6.07) is 0. The summed E-state index contributed by atoms with van der Waals surface area (Å²) in [6.45, 7) is 24.0. The molecule has 6 aliphatic heterocycles. The summed E-state index contributed by atoms with van der Waals surface area (Å²) in [6.07, 6.45) is 7.86. The topological polar surface area (TPSA) is 19.4 Å². The monoisotopic (exact) mass is 398 g/mol. The van der Waals surface area contributed by atoms with Gasteiger partial charge in [0.2, 0.25) is 0 Å². The lowest BCUT2D eigenvalue weighted by Gasteiger charge is -2.57. The van der Waals surface area contributed by atoms with Gasteiger partial charge >= 0.3 is 0 Å². The minimum absolute atomic E-state index is 0.464. The van der Waals surface area contributed by atoms with E-state index in [0.29, 0.717) is 12.6 Å². The van der Waals surface area contributed by atoms with E-state index in [0.717, 1.165) is 19.0 Å². The van der Waals surface area contributed by atoms with E-state index >= 15 is 0 Å². The van der Waals surface area contributed by atoms with Crippen LogP contribution in [0.5, 0.6) is 0 Å². The van der Waals surface area contributed by atoms with E-state index in [1.807, 2.05) is 12.2 Å². The van der Waals surface area contributed by atoms with Crippen LogP contribution in [0.2, 0.25) is 0 Å². The summed E-state index contributed by atoms with van der Waals surface area (Å²) in [7, 11) is 0. The maximum atomic E-state index is 4.01. The quantitative estimate of drug-likeness (QED) is 0.697. The summed E-state index contributed by atoms with van der Waals surface area (Å²) in [5.74, 6) is 0.723. The van der Waals surface area contributed by atoms with E-state index in [4.69, 9.17) is 0 Å². The van der Waals surface area contributed by atoms with Gasteiger partial charge in [-0.05, 0) is 30.4 Å². The molecule has 0 bridgehead atoms. The van der Waals surface area contributed by atoms with E-state index in [1.165, 1.54) is 83.0 Å². The van der Waals surface area contributed by atoms with Gasteiger partial charge in [-0.2, -0.15) is 0 Å². The molecule has 6 nitrogen and oxygen atoms in total. The Labute approximate surface area is 176 Å². The van der Waals surface area contributed by atoms with Crippen LogP contribution in [-0.2, 0) is 0 Å². The average molecular weight is 399 g/mol. The molecule has 6 rings (SSSR count). The second-order valence-electron chi connectivity index (χ2n) is 9.55. The minimum atomic E-state index is 0.464. The molecule has 0 aromatic rings. The Morgan fingerprint density at radius 2 is 1.28 bits per heavy atom. The molecular weight excluding hydrogens is 360 g/mol. The highest BCUT2D eigenvalue weighted by Gasteiger charge is 2.43. The summed E-state index contributed by atoms with van der Waals surface area (Å²) in [5.41, 5.74) is 2.63. The van der Waals surface area contributed by atoms with Gasteiger partial charge in [-0.1, -0.05) is 26.2 Å². The van der Waals surface area contributed by atoms with Crippen molar-refractivity contribution < 1.29 is 0 Å². The molecule has 0 aromatic heterocycles. The zero-order chi connectivity index (χ0) is 20.0. The summed E-state index contributed by atoms with van der Waals surface area (Å²) in [5, 5.41) is 0. The molecule has 0 saturated carbocycles. The molecule has 5 saturated heterocycles. The molecule has 6 heterocycles. The van der Waals surface area contributed by atoms with Crippen LogP contribution < -0.4 is 0 Å². The molecular formula is C23H38N6. The molecule has 5 fully saturated rings. The molecule has 6 heteroatoms. The first-order valence-electron chi connectivity index (χ1n) is 11.6. The highest BCUT2D eigenvalue weighted by atomic mass is 15.6. The average Bonchev–Trinajstić information content (AvgIpc) is 3.35. The van der Waals surface area contributed by atoms with E-state index in [9.17, 15) is 0 Å². The predicted octanol–water partition coefficient (Wildman–Crippen LogP) is 1.48. The summed E-state index contributed by atoms with van der Waals surface area (Å²) >= 11 is 0. The lowest BCUT2D eigenvalue weighted by atomic mass is 9.99. The van der Waals surface area contributed by atoms with E-state index in [1.54, 1.807) is 0 Å². The Morgan fingerprint density at radius 1 is 0.690 bits per heavy atom. The van der Waals surface area contributed by atoms with Crippen LogP contribution in [-0.4, -0.2) is 114 Å². The predicted molar refractivity (Wildman–Crippen MR) is 118 cm³/mol. The van der Waals surface area contributed by atoms with Gasteiger partial charge in [0.05, 0.1) is 0 Å². The van der Waals surface area contributed by atoms with Crippen LogP contribution >= 0.6 is 0 Å². The highest BCUT2D eigenvalue weighted by molar-refractivity contribution is 5.34. The van der Waals surface area contributed by atoms with Crippen molar-refractivity contribution in [2.75, 3.05) is 72.0 Å². The van der Waals surface area contributed by atoms with Crippen molar-refractivity contribution in [2.24, 2.45) is 5.92 Å². The Bertz CT molecular complexity index is 654. The molecule has 0 spiro atoms. The van der Waals surface area contributed by atoms with Gasteiger partial charge < -0.3 is 4.90 Å². The highest BCUT2D eigenvalue weighted by Crippen LogP contribution is 2.34. The molecule has 0 aliphatic carbocycles. The van der Waals surface area contributed by atoms with Crippen LogP contribution in [0.1, 0.15) is 19.8 Å². The van der Waals surface area contributed by atoms with Gasteiger partial charge in [0, 0.05) is 77.7 Å². The number of nitrogens with zero attached hydrogens (tertiary/aromatic N) is 6. The lowest BCUT2D eigenvalue weighted by Crippen LogP contribution is -2.68. The summed E-state index contributed by atoms with van der Waals surface area (Å²) in [4.78, 5) is 15.6. The van der Waals surface area contributed by atoms with Gasteiger partial charge in [-0.15, -0.1) is 0 Å². The van der Waals surface area contributed by atoms with E-state index in [-0.39, 0.29) is 0 Å². The molecule has 2 atom stereocenters. The standard InChI is InChI=1S/C15H23N3.C8H15N3/c1-4-13-11-17-8-6-7-16-9-12(3)10-18(15(16)17)14(13)5-2;1-2-9-4-6-11-7-5-10(3-1)8(9)11/h4-5,12,15H,1-2,6-11H2,3H3;8H,1-7H2. The van der Waals surface area contributed by atoms with Gasteiger partial charge in [0.15, 0.2) is 0 Å². The first-order valence-corrected chi connectivity index (χ1v) is 11.6. The molecule has 2 unspecified atom stereocenters. The van der Waals surface area contributed by atoms with E-state index in [2.05, 4.69) is 49.5 Å². The van der Waals surface area contributed by atoms with Crippen LogP contribution in [0.3, 0.4) is 0 Å². The second kappa shape index (κ2) is 8.16. The third kappa shape index (κ3) is 3.49. The third-order valence-electron chi connectivity index (χ3n) is 7.55. The largest absolute Gasteiger partial charge is 0.343 e. The number of hydrogen-bond donors (Lipinski definition) is 0. The van der Waals surface area contributed by atoms with Crippen molar-refractivity contribution in [3.63, 3.8) is 0 Å². The lowest BCUT2D eigenvalue weighted by molar-refractivity contribution is -0.121. The maximum Gasteiger partial charge on any atom is 0.140 e. The second-order valence-corrected chi connectivity index (χ2v) is 9.55. The minimum Gasteiger partial charge on any atom is -0.343 e. The smallest absolute Gasteiger partial charge is 0.140 e. The zero-order valence-corrected chi connectivity index (χ0v) is 18.2. The molecule has 0 radical (unpaired) electrons. The Morgan fingerprint density at radius 3 is 1.90 bits per heavy atom. The summed E-state index contributed by atoms with van der Waals surface area (Å²) < 4.78 is 0. The fraction of sp³-hybridized carbons (Fsp3) is 0.739. The SMILES string of the molecule is C1CN2CCN3CCN(C1)C23.C=CC1=C(C=C)N2CC(C)CN3CCCN(C1)C32. The molecule has 6 aliphatic rings. The van der Waals surface area contributed by atoms with Crippen molar-refractivity contribution >= 4 is 0 Å². The normalized spacial score (nSPS) is 33.9. The first kappa shape index (κ1) is 19.8. The number of allylic oxidation sites excluding steroid dienone is 1. The molecule has 0 N–H and O–H groups in total. The van der Waals surface area contributed by atoms with Crippen molar-refractivity contribution in [2.45, 2.75) is 32.3 Å². The Hall–Kier alpha value is -1.18. The van der Waals surface area contributed by atoms with Crippen LogP contribution in [0.15, 0.2) is 36.6 Å². The molecule has 160 valence electrons. The van der Waals surface area contributed by atoms with Crippen LogP contribution in [0.4, 0.5) is 0 Å².